The fourth-order valence-electron chi connectivity index (χ4n) is 5.86. The number of amides is 5. The van der Waals surface area contributed by atoms with Crippen LogP contribution in [0, 0.1) is 0 Å². The molecule has 0 radical (unpaired) electrons. The third-order valence-corrected chi connectivity index (χ3v) is 10.7. The van der Waals surface area contributed by atoms with Crippen LogP contribution in [0.2, 0.25) is 0 Å². The summed E-state index contributed by atoms with van der Waals surface area (Å²) in [7, 11) is -8.31. The molecule has 1 fully saturated rings. The number of rotatable bonds is 25. The van der Waals surface area contributed by atoms with Crippen molar-refractivity contribution in [3.05, 3.63) is 0 Å². The normalized spacial score (nSPS) is 19.2. The fraction of sp³-hybridized carbons (Fsp3) is 0.867. The molecule has 0 aromatic heterocycles. The van der Waals surface area contributed by atoms with E-state index in [2.05, 4.69) is 24.2 Å². The number of unbranched alkanes of at least 4 members (excludes halogenated alkanes) is 16. The van der Waals surface area contributed by atoms with E-state index in [9.17, 15) is 31.9 Å². The number of hydrogen-bond donors (Lipinski definition) is 1. The quantitative estimate of drug-likeness (QED) is 0.0784. The molecule has 44 heavy (non-hydrogen) atoms. The molecule has 5 amide bonds. The Labute approximate surface area is 264 Å². The minimum absolute atomic E-state index is 0.158. The Hall–Kier alpha value is -2.11. The number of carbonyl (C=O) groups is 3. The van der Waals surface area contributed by atoms with Gasteiger partial charge in [-0.3, -0.25) is 4.79 Å². The lowest BCUT2D eigenvalue weighted by atomic mass is 9.95. The van der Waals surface area contributed by atoms with Crippen LogP contribution in [0.3, 0.4) is 0 Å². The summed E-state index contributed by atoms with van der Waals surface area (Å²) in [6.45, 7) is 6.38. The van der Waals surface area contributed by atoms with Crippen molar-refractivity contribution in [3.63, 3.8) is 0 Å². The van der Waals surface area contributed by atoms with Gasteiger partial charge in [0.2, 0.25) is 10.0 Å². The van der Waals surface area contributed by atoms with Gasteiger partial charge in [-0.05, 0) is 19.8 Å². The number of urea groups is 2. The Morgan fingerprint density at radius 1 is 0.795 bits per heavy atom. The second kappa shape index (κ2) is 19.4. The van der Waals surface area contributed by atoms with Crippen molar-refractivity contribution >= 4 is 41.5 Å². The summed E-state index contributed by atoms with van der Waals surface area (Å²) >= 11 is 0. The number of carbonyl (C=O) groups excluding carboxylic acids is 3. The van der Waals surface area contributed by atoms with Gasteiger partial charge in [0.05, 0.1) is 11.9 Å². The molecule has 2 aliphatic heterocycles. The number of ether oxygens (including phenoxy) is 1. The molecule has 0 saturated carbocycles. The van der Waals surface area contributed by atoms with Crippen LogP contribution < -0.4 is 5.32 Å². The lowest BCUT2D eigenvalue weighted by molar-refractivity contribution is -0.120. The van der Waals surface area contributed by atoms with E-state index in [-0.39, 0.29) is 17.5 Å². The standard InChI is InChI=1S/C30H53N4O8PS/c1-4-6-8-10-12-14-15-17-19-21-23-44(40,41)34-29(37)33(43(38)39)27(35)26-30(34,32-28(36)31-26)24-25(3)42-22-20-18-16-13-11-9-7-5-2/h25H,4-24H2,1-3H3,(H,32,36). The Balaban J connectivity index is 2.07. The molecule has 1 N–H and O–H groups in total. The highest BCUT2D eigenvalue weighted by atomic mass is 32.2. The largest absolute Gasteiger partial charge is 0.438 e. The summed E-state index contributed by atoms with van der Waals surface area (Å²) in [6, 6.07) is -2.58. The van der Waals surface area contributed by atoms with E-state index in [1.165, 1.54) is 51.4 Å². The molecule has 2 aliphatic rings. The smallest absolute Gasteiger partial charge is 0.378 e. The van der Waals surface area contributed by atoms with E-state index in [0.29, 0.717) is 17.3 Å². The number of imide groups is 1. The highest BCUT2D eigenvalue weighted by molar-refractivity contribution is 7.89. The van der Waals surface area contributed by atoms with Gasteiger partial charge in [0.15, 0.2) is 11.4 Å². The van der Waals surface area contributed by atoms with Gasteiger partial charge in [0, 0.05) is 13.0 Å². The molecular formula is C30H53N4O8PS. The Kier molecular flexibility index (Phi) is 16.8. The molecule has 0 spiro atoms. The number of aliphatic imine (C=N–C) groups is 1. The Bertz CT molecular complexity index is 1150. The zero-order chi connectivity index (χ0) is 32.6. The lowest BCUT2D eigenvalue weighted by Gasteiger charge is -2.44. The van der Waals surface area contributed by atoms with Crippen LogP contribution in [0.15, 0.2) is 4.99 Å². The maximum absolute atomic E-state index is 13.7. The van der Waals surface area contributed by atoms with Crippen molar-refractivity contribution in [2.75, 3.05) is 12.4 Å². The molecule has 252 valence electrons. The lowest BCUT2D eigenvalue weighted by Crippen LogP contribution is -2.74. The van der Waals surface area contributed by atoms with Gasteiger partial charge in [-0.2, -0.15) is 9.30 Å². The maximum atomic E-state index is 13.7. The maximum Gasteiger partial charge on any atom is 0.438 e. The molecule has 14 heteroatoms. The van der Waals surface area contributed by atoms with E-state index in [4.69, 9.17) is 4.74 Å². The molecule has 0 aliphatic carbocycles. The van der Waals surface area contributed by atoms with Gasteiger partial charge < -0.3 is 10.1 Å². The highest BCUT2D eigenvalue weighted by Crippen LogP contribution is 2.38. The topological polar surface area (TPSA) is 160 Å². The minimum Gasteiger partial charge on any atom is -0.378 e. The van der Waals surface area contributed by atoms with Crippen molar-refractivity contribution in [1.82, 2.24) is 14.3 Å². The van der Waals surface area contributed by atoms with Crippen LogP contribution in [0.4, 0.5) is 9.59 Å². The van der Waals surface area contributed by atoms with Gasteiger partial charge in [-0.15, -0.1) is 4.67 Å². The Morgan fingerprint density at radius 2 is 1.27 bits per heavy atom. The molecule has 2 atom stereocenters. The number of nitrogens with one attached hydrogen (secondary N) is 1. The van der Waals surface area contributed by atoms with E-state index >= 15 is 0 Å². The molecule has 2 heterocycles. The van der Waals surface area contributed by atoms with Crippen LogP contribution in [0.1, 0.15) is 143 Å². The first-order valence-electron chi connectivity index (χ1n) is 16.6. The van der Waals surface area contributed by atoms with Gasteiger partial charge >= 0.3 is 19.9 Å². The number of sulfonamides is 1. The van der Waals surface area contributed by atoms with Crippen LogP contribution in [0.5, 0.6) is 0 Å². The molecule has 0 aromatic carbocycles. The van der Waals surface area contributed by atoms with E-state index in [1.54, 1.807) is 6.92 Å². The van der Waals surface area contributed by atoms with Crippen molar-refractivity contribution in [2.45, 2.75) is 155 Å². The molecule has 12 nitrogen and oxygen atoms in total. The van der Waals surface area contributed by atoms with E-state index in [1.807, 2.05) is 0 Å². The zero-order valence-electron chi connectivity index (χ0n) is 26.9. The number of nitrogens with zero attached hydrogens (tertiary/aromatic N) is 3. The van der Waals surface area contributed by atoms with Crippen LogP contribution >= 0.6 is 7.83 Å². The SMILES string of the molecule is CCCCCCCCCCCCS(=O)(=O)N1C(=O)N(P(=O)=O)C(=O)C2=NC(=O)NC21CC(C)OCCCCCCCCCC. The van der Waals surface area contributed by atoms with E-state index in [0.717, 1.165) is 51.4 Å². The summed E-state index contributed by atoms with van der Waals surface area (Å²) in [5.41, 5.74) is -2.81. The second-order valence-electron chi connectivity index (χ2n) is 12.0. The summed E-state index contributed by atoms with van der Waals surface area (Å²) in [4.78, 5) is 42.6. The molecular weight excluding hydrogens is 607 g/mol. The van der Waals surface area contributed by atoms with Crippen molar-refractivity contribution < 1.29 is 36.7 Å². The molecule has 0 aromatic rings. The monoisotopic (exact) mass is 660 g/mol. The average molecular weight is 661 g/mol. The third kappa shape index (κ3) is 11.1. The van der Waals surface area contributed by atoms with Crippen molar-refractivity contribution in [1.29, 1.82) is 0 Å². The van der Waals surface area contributed by atoms with E-state index < -0.39 is 59.1 Å². The van der Waals surface area contributed by atoms with Crippen LogP contribution in [-0.4, -0.2) is 65.2 Å². The zero-order valence-corrected chi connectivity index (χ0v) is 28.6. The van der Waals surface area contributed by atoms with Gasteiger partial charge in [-0.1, -0.05) is 117 Å². The van der Waals surface area contributed by atoms with Gasteiger partial charge in [-0.25, -0.2) is 27.1 Å². The number of hydrogen-bond acceptors (Lipinski definition) is 8. The van der Waals surface area contributed by atoms with Gasteiger partial charge in [0.25, 0.3) is 5.91 Å². The van der Waals surface area contributed by atoms with Gasteiger partial charge in [0.1, 0.15) is 0 Å². The predicted molar refractivity (Wildman–Crippen MR) is 169 cm³/mol. The average Bonchev–Trinajstić information content (AvgIpc) is 3.28. The van der Waals surface area contributed by atoms with Crippen LogP contribution in [-0.2, 0) is 28.7 Å². The first-order valence-corrected chi connectivity index (χ1v) is 19.3. The molecule has 2 unspecified atom stereocenters. The predicted octanol–water partition coefficient (Wildman–Crippen LogP) is 7.39. The fourth-order valence-corrected chi connectivity index (χ4v) is 8.14. The Morgan fingerprint density at radius 3 is 1.77 bits per heavy atom. The van der Waals surface area contributed by atoms with Crippen molar-refractivity contribution in [3.8, 4) is 0 Å². The minimum atomic E-state index is -4.48. The first kappa shape index (κ1) is 38.1. The number of fused-ring (bicyclic) bond motifs is 1. The summed E-state index contributed by atoms with van der Waals surface area (Å²) in [5.74, 6) is -1.80. The third-order valence-electron chi connectivity index (χ3n) is 8.20. The summed E-state index contributed by atoms with van der Waals surface area (Å²) < 4.78 is 57.3. The first-order chi connectivity index (χ1) is 21.0. The molecule has 0 bridgehead atoms. The van der Waals surface area contributed by atoms with Crippen LogP contribution in [0.25, 0.3) is 0 Å². The summed E-state index contributed by atoms with van der Waals surface area (Å²) in [6.07, 6.45) is 17.6. The molecule has 2 rings (SSSR count). The van der Waals surface area contributed by atoms with Crippen molar-refractivity contribution in [2.24, 2.45) is 4.99 Å². The molecule has 1 saturated heterocycles. The highest BCUT2D eigenvalue weighted by Gasteiger charge is 2.64. The summed E-state index contributed by atoms with van der Waals surface area (Å²) in [5, 5.41) is 2.41. The second-order valence-corrected chi connectivity index (χ2v) is 14.8.